The first-order chi connectivity index (χ1) is 50.8. The van der Waals surface area contributed by atoms with Crippen molar-refractivity contribution in [2.75, 3.05) is 166 Å². The van der Waals surface area contributed by atoms with E-state index in [2.05, 4.69) is 36.9 Å². The third-order valence-electron chi connectivity index (χ3n) is 17.4. The lowest BCUT2D eigenvalue weighted by Gasteiger charge is -2.37. The fraction of sp³-hybridized carbons (Fsp3) is 0.716. The molecule has 600 valence electrons. The lowest BCUT2D eigenvalue weighted by Crippen LogP contribution is -2.58. The number of anilines is 1. The largest absolute Gasteiger partial charge is 0.481 e. The maximum atomic E-state index is 14.3. The molecule has 9 amide bonds. The Morgan fingerprint density at radius 3 is 1.68 bits per heavy atom. The predicted molar refractivity (Wildman–Crippen MR) is 398 cm³/mol. The number of rotatable bonds is 61. The van der Waals surface area contributed by atoms with Crippen molar-refractivity contribution in [1.29, 1.82) is 0 Å². The fourth-order valence-corrected chi connectivity index (χ4v) is 12.1. The Morgan fingerprint density at radius 2 is 1.17 bits per heavy atom. The van der Waals surface area contributed by atoms with Crippen LogP contribution in [-0.2, 0) is 92.1 Å². The van der Waals surface area contributed by atoms with Gasteiger partial charge in [0.25, 0.3) is 17.7 Å². The third kappa shape index (κ3) is 38.1. The van der Waals surface area contributed by atoms with Crippen LogP contribution >= 0.6 is 11.3 Å². The zero-order valence-electron chi connectivity index (χ0n) is 64.5. The fourth-order valence-electron chi connectivity index (χ4n) is 11.3. The summed E-state index contributed by atoms with van der Waals surface area (Å²) >= 11 is 1.25. The number of amides is 9. The van der Waals surface area contributed by atoms with Crippen molar-refractivity contribution in [1.82, 2.24) is 46.3 Å². The second-order valence-corrected chi connectivity index (χ2v) is 27.7. The molecule has 1 aliphatic heterocycles. The van der Waals surface area contributed by atoms with Crippen LogP contribution in [0.1, 0.15) is 147 Å². The smallest absolute Gasteiger partial charge is 0.411 e. The van der Waals surface area contributed by atoms with Crippen LogP contribution in [0.25, 0.3) is 0 Å². The van der Waals surface area contributed by atoms with Gasteiger partial charge in [0.2, 0.25) is 29.5 Å². The number of ether oxygens (including phenoxy) is 10. The molecule has 0 fully saturated rings. The number of carboxylic acids is 1. The van der Waals surface area contributed by atoms with Crippen molar-refractivity contribution in [3.63, 3.8) is 0 Å². The zero-order valence-corrected chi connectivity index (χ0v) is 65.4. The highest BCUT2D eigenvalue weighted by molar-refractivity contribution is 7.09. The summed E-state index contributed by atoms with van der Waals surface area (Å²) < 4.78 is 55.3. The Hall–Kier alpha value is -7.11. The van der Waals surface area contributed by atoms with Gasteiger partial charge in [-0.05, 0) is 94.5 Å². The van der Waals surface area contributed by atoms with E-state index in [1.54, 1.807) is 55.6 Å². The van der Waals surface area contributed by atoms with E-state index >= 15 is 0 Å². The van der Waals surface area contributed by atoms with Crippen molar-refractivity contribution >= 4 is 76.3 Å². The molecule has 0 saturated heterocycles. The van der Waals surface area contributed by atoms with Crippen LogP contribution in [0.5, 0.6) is 0 Å². The number of methoxy groups -OCH3 is 1. The van der Waals surface area contributed by atoms with E-state index in [0.29, 0.717) is 129 Å². The Balaban J connectivity index is 1.19. The first-order valence-corrected chi connectivity index (χ1v) is 38.0. The van der Waals surface area contributed by atoms with Gasteiger partial charge < -0.3 is 84.0 Å². The number of likely N-dealkylation sites (N-methyl/N-ethyl adjacent to an activating group) is 2. The predicted octanol–water partition coefficient (Wildman–Crippen LogP) is 5.35. The SMILES string of the molecule is CCCCNC(=O)[C@H](CCCCNC(=O)COCCOCCOCCOCCOCCOCCOCCOCCOC(=O)Nc1ccc(C[C@@H](C[C@H](C)C(=O)O)NC(=O)c2csc([C@@H](C[C@H](C(C)C)N(C)C(=O)[C@@H](NC(=O)[C@H](C(C)C)N(C)C)[C@@H](C)CC)OC)n2)cc1)NC(=O)CCCN1C(=O)C=CC1=O. The van der Waals surface area contributed by atoms with Gasteiger partial charge in [-0.1, -0.05) is 80.4 Å². The van der Waals surface area contributed by atoms with Gasteiger partial charge in [-0.3, -0.25) is 58.3 Å². The highest BCUT2D eigenvalue weighted by atomic mass is 32.1. The Labute approximate surface area is 629 Å². The van der Waals surface area contributed by atoms with Crippen molar-refractivity contribution in [2.24, 2.45) is 23.7 Å². The molecule has 0 aliphatic carbocycles. The number of thiazole rings is 1. The standard InChI is InChI=1S/C74H122N10O21S/c1-13-15-27-76-68(89)58(79-62(85)20-18-29-84-64(87)25-26-65(84)88)19-16-17-28-75-63(86)49-104-43-42-102-39-38-100-35-34-98-31-30-97-32-33-99-36-37-101-40-41-103-44-45-105-74(95)78-56-23-21-55(22-24-56)47-57(46-54(8)73(93)94)77-69(90)59-50-106-71(80-59)61(96-12)48-60(51(3)4)83(11)72(92)66(53(7)14-2)81-70(91)67(52(5)6)82(9)10/h21-26,50-54,57-58,60-61,66-67H,13-20,27-49H2,1-12H3,(H,75,86)(H,76,89)(H,77,90)(H,78,95)(H,79,85)(H,81,91)(H,93,94)/t53-,54-,57+,58-,60+,61+,66-,67-/m0/s1. The van der Waals surface area contributed by atoms with Gasteiger partial charge in [0.05, 0.1) is 111 Å². The van der Waals surface area contributed by atoms with Gasteiger partial charge in [0, 0.05) is 81.9 Å². The first-order valence-electron chi connectivity index (χ1n) is 37.1. The topological polar surface area (TPSA) is 378 Å². The molecule has 31 nitrogen and oxygen atoms in total. The van der Waals surface area contributed by atoms with Gasteiger partial charge in [0.1, 0.15) is 42.1 Å². The van der Waals surface area contributed by atoms with E-state index in [1.807, 2.05) is 67.5 Å². The number of nitrogens with zero attached hydrogens (tertiary/aromatic N) is 4. The van der Waals surface area contributed by atoms with Crippen LogP contribution in [0.2, 0.25) is 0 Å². The summed E-state index contributed by atoms with van der Waals surface area (Å²) in [7, 11) is 7.00. The number of hydrogen-bond donors (Lipinski definition) is 7. The van der Waals surface area contributed by atoms with Gasteiger partial charge >= 0.3 is 12.1 Å². The number of carbonyl (C=O) groups excluding carboxylic acids is 9. The number of aliphatic carboxylic acids is 1. The summed E-state index contributed by atoms with van der Waals surface area (Å²) in [5, 5.41) is 29.1. The third-order valence-corrected chi connectivity index (χ3v) is 18.3. The molecule has 0 spiro atoms. The van der Waals surface area contributed by atoms with E-state index in [4.69, 9.17) is 47.4 Å². The normalized spacial score (nSPS) is 14.5. The van der Waals surface area contributed by atoms with E-state index in [1.165, 1.54) is 23.5 Å². The van der Waals surface area contributed by atoms with Crippen molar-refractivity contribution in [3.05, 3.63) is 58.1 Å². The van der Waals surface area contributed by atoms with Crippen LogP contribution < -0.4 is 31.9 Å². The molecular formula is C74H122N10O21S. The molecule has 8 atom stereocenters. The average Bonchev–Trinajstić information content (AvgIpc) is 1.10. The minimum absolute atomic E-state index is 0.00100. The summed E-state index contributed by atoms with van der Waals surface area (Å²) in [5.41, 5.74) is 1.38. The maximum absolute atomic E-state index is 14.3. The van der Waals surface area contributed by atoms with Gasteiger partial charge in [-0.15, -0.1) is 11.3 Å². The molecule has 106 heavy (non-hydrogen) atoms. The number of aromatic nitrogens is 1. The molecule has 32 heteroatoms. The summed E-state index contributed by atoms with van der Waals surface area (Å²) in [6.45, 7) is 21.4. The molecular weight excluding hydrogens is 1400 g/mol. The molecule has 0 unspecified atom stereocenters. The number of imide groups is 1. The average molecular weight is 1520 g/mol. The number of benzene rings is 1. The molecule has 1 aliphatic rings. The molecule has 7 N–H and O–H groups in total. The Kier molecular flexibility index (Phi) is 47.8. The summed E-state index contributed by atoms with van der Waals surface area (Å²) in [6.07, 6.45) is 6.14. The summed E-state index contributed by atoms with van der Waals surface area (Å²) in [5.74, 6) is -4.51. The molecule has 1 aromatic carbocycles. The Bertz CT molecular complexity index is 2920. The number of nitrogens with one attached hydrogen (secondary N) is 6. The lowest BCUT2D eigenvalue weighted by molar-refractivity contribution is -0.142. The number of unbranched alkanes of at least 4 members (excludes halogenated alkanes) is 2. The van der Waals surface area contributed by atoms with Crippen LogP contribution in [0, 0.1) is 23.7 Å². The van der Waals surface area contributed by atoms with Gasteiger partial charge in [0.15, 0.2) is 0 Å². The molecule has 3 rings (SSSR count). The van der Waals surface area contributed by atoms with Crippen LogP contribution in [0.3, 0.4) is 0 Å². The van der Waals surface area contributed by atoms with E-state index < -0.39 is 66.0 Å². The van der Waals surface area contributed by atoms with E-state index in [0.717, 1.165) is 23.3 Å². The first kappa shape index (κ1) is 93.1. The molecule has 2 heterocycles. The van der Waals surface area contributed by atoms with E-state index in [-0.39, 0.29) is 131 Å². The summed E-state index contributed by atoms with van der Waals surface area (Å²) in [6, 6.07) is 4.10. The molecule has 1 aromatic heterocycles. The van der Waals surface area contributed by atoms with Gasteiger partial charge in [-0.25, -0.2) is 9.78 Å². The van der Waals surface area contributed by atoms with Gasteiger partial charge in [-0.2, -0.15) is 0 Å². The number of carbonyl (C=O) groups is 10. The molecule has 0 bridgehead atoms. The highest BCUT2D eigenvalue weighted by Crippen LogP contribution is 2.31. The maximum Gasteiger partial charge on any atom is 0.411 e. The zero-order chi connectivity index (χ0) is 78.2. The van der Waals surface area contributed by atoms with Crippen molar-refractivity contribution in [3.8, 4) is 0 Å². The lowest BCUT2D eigenvalue weighted by atomic mass is 9.92. The van der Waals surface area contributed by atoms with Crippen LogP contribution in [0.4, 0.5) is 10.5 Å². The molecule has 2 aromatic rings. The second kappa shape index (κ2) is 54.5. The number of hydrogen-bond acceptors (Lipinski definition) is 23. The second-order valence-electron chi connectivity index (χ2n) is 26.8. The Morgan fingerprint density at radius 1 is 0.623 bits per heavy atom. The van der Waals surface area contributed by atoms with Crippen LogP contribution in [-0.4, -0.2) is 275 Å². The summed E-state index contributed by atoms with van der Waals surface area (Å²) in [4.78, 5) is 137. The number of carboxylic acid groups (broad SMARTS) is 1. The molecule has 0 saturated carbocycles. The molecule has 0 radical (unpaired) electrons. The van der Waals surface area contributed by atoms with E-state index in [9.17, 15) is 53.1 Å². The quantitative estimate of drug-likeness (QED) is 0.0324. The van der Waals surface area contributed by atoms with Crippen LogP contribution in [0.15, 0.2) is 41.8 Å². The van der Waals surface area contributed by atoms with Crippen molar-refractivity contribution < 1.29 is 100 Å². The highest BCUT2D eigenvalue weighted by Gasteiger charge is 2.37. The van der Waals surface area contributed by atoms with Crippen molar-refractivity contribution in [2.45, 2.75) is 162 Å². The monoisotopic (exact) mass is 1520 g/mol. The minimum atomic E-state index is -1.01. The minimum Gasteiger partial charge on any atom is -0.481 e.